The average molecular weight is 666 g/mol. The first kappa shape index (κ1) is 45.3. The molecule has 278 valence electrons. The van der Waals surface area contributed by atoms with Crippen LogP contribution in [0.1, 0.15) is 194 Å². The van der Waals surface area contributed by atoms with Crippen LogP contribution in [0, 0.1) is 5.92 Å². The standard InChI is InChI=1S/C39H79N5O3/c1-3-5-7-9-11-13-15-17-19-21-23-25-29-35(37(45)43-34-32-41)38(46)44-36(30-26-27-31-40)39(47)42-33-28-24-22-20-18-16-14-12-10-8-6-4-2/h35-36H,3-34,40-41H2,1-2H3,(H,42,47)(H,43,45)(H,44,46)/t35?,36-/m0/s1. The molecule has 0 aliphatic rings. The van der Waals surface area contributed by atoms with Crippen LogP contribution >= 0.6 is 0 Å². The first-order chi connectivity index (χ1) is 23.0. The van der Waals surface area contributed by atoms with E-state index in [4.69, 9.17) is 11.5 Å². The predicted molar refractivity (Wildman–Crippen MR) is 200 cm³/mol. The summed E-state index contributed by atoms with van der Waals surface area (Å²) in [6, 6.07) is -0.654. The van der Waals surface area contributed by atoms with Gasteiger partial charge in [-0.25, -0.2) is 0 Å². The van der Waals surface area contributed by atoms with Crippen molar-refractivity contribution in [3.63, 3.8) is 0 Å². The number of nitrogens with two attached hydrogens (primary N) is 2. The van der Waals surface area contributed by atoms with Crippen LogP contribution in [0.3, 0.4) is 0 Å². The smallest absolute Gasteiger partial charge is 0.242 e. The van der Waals surface area contributed by atoms with E-state index in [-0.39, 0.29) is 17.7 Å². The molecule has 0 aliphatic carbocycles. The normalized spacial score (nSPS) is 12.5. The number of carbonyl (C=O) groups is 3. The monoisotopic (exact) mass is 666 g/mol. The summed E-state index contributed by atoms with van der Waals surface area (Å²) < 4.78 is 0. The summed E-state index contributed by atoms with van der Waals surface area (Å²) in [6.45, 7) is 6.32. The van der Waals surface area contributed by atoms with Gasteiger partial charge in [-0.1, -0.05) is 162 Å². The van der Waals surface area contributed by atoms with Crippen molar-refractivity contribution in [2.45, 2.75) is 200 Å². The molecule has 0 aromatic heterocycles. The summed E-state index contributed by atoms with van der Waals surface area (Å²) in [5, 5.41) is 8.78. The molecule has 0 aromatic rings. The molecular weight excluding hydrogens is 586 g/mol. The Morgan fingerprint density at radius 3 is 1.28 bits per heavy atom. The van der Waals surface area contributed by atoms with Crippen molar-refractivity contribution >= 4 is 17.7 Å². The second kappa shape index (κ2) is 35.6. The van der Waals surface area contributed by atoms with Gasteiger partial charge in [0.2, 0.25) is 17.7 Å². The topological polar surface area (TPSA) is 139 Å². The number of amides is 3. The van der Waals surface area contributed by atoms with Gasteiger partial charge < -0.3 is 27.4 Å². The van der Waals surface area contributed by atoms with Crippen LogP contribution in [-0.4, -0.2) is 49.9 Å². The van der Waals surface area contributed by atoms with E-state index < -0.39 is 12.0 Å². The maximum absolute atomic E-state index is 13.4. The van der Waals surface area contributed by atoms with E-state index in [0.29, 0.717) is 39.0 Å². The van der Waals surface area contributed by atoms with Crippen LogP contribution < -0.4 is 27.4 Å². The van der Waals surface area contributed by atoms with Gasteiger partial charge in [0.25, 0.3) is 0 Å². The van der Waals surface area contributed by atoms with Crippen molar-refractivity contribution in [2.75, 3.05) is 26.2 Å². The van der Waals surface area contributed by atoms with E-state index in [2.05, 4.69) is 29.8 Å². The fraction of sp³-hybridized carbons (Fsp3) is 0.923. The minimum atomic E-state index is -0.814. The molecule has 0 rings (SSSR count). The van der Waals surface area contributed by atoms with Crippen molar-refractivity contribution in [3.8, 4) is 0 Å². The molecule has 8 heteroatoms. The average Bonchev–Trinajstić information content (AvgIpc) is 3.07. The second-order valence-electron chi connectivity index (χ2n) is 13.8. The summed E-state index contributed by atoms with van der Waals surface area (Å²) >= 11 is 0. The number of carbonyl (C=O) groups excluding carboxylic acids is 3. The van der Waals surface area contributed by atoms with E-state index in [1.165, 1.54) is 122 Å². The summed E-state index contributed by atoms with van der Waals surface area (Å²) in [5.74, 6) is -1.63. The van der Waals surface area contributed by atoms with Crippen molar-refractivity contribution in [3.05, 3.63) is 0 Å². The van der Waals surface area contributed by atoms with Crippen molar-refractivity contribution in [1.29, 1.82) is 0 Å². The second-order valence-corrected chi connectivity index (χ2v) is 13.8. The number of hydrogen-bond donors (Lipinski definition) is 5. The zero-order valence-corrected chi connectivity index (χ0v) is 31.2. The van der Waals surface area contributed by atoms with Gasteiger partial charge in [0.05, 0.1) is 0 Å². The van der Waals surface area contributed by atoms with Crippen LogP contribution in [0.15, 0.2) is 0 Å². The Hall–Kier alpha value is -1.67. The Morgan fingerprint density at radius 1 is 0.426 bits per heavy atom. The summed E-state index contributed by atoms with van der Waals surface area (Å²) in [7, 11) is 0. The van der Waals surface area contributed by atoms with Crippen LogP contribution in [0.5, 0.6) is 0 Å². The molecule has 0 saturated carbocycles. The van der Waals surface area contributed by atoms with E-state index in [1.54, 1.807) is 0 Å². The minimum Gasteiger partial charge on any atom is -0.354 e. The van der Waals surface area contributed by atoms with Gasteiger partial charge in [0, 0.05) is 19.6 Å². The van der Waals surface area contributed by atoms with Gasteiger partial charge in [-0.2, -0.15) is 0 Å². The Kier molecular flexibility index (Phi) is 34.4. The molecule has 0 aromatic carbocycles. The molecule has 0 fully saturated rings. The zero-order chi connectivity index (χ0) is 34.6. The van der Waals surface area contributed by atoms with Gasteiger partial charge in [0.15, 0.2) is 0 Å². The lowest BCUT2D eigenvalue weighted by atomic mass is 9.97. The van der Waals surface area contributed by atoms with E-state index >= 15 is 0 Å². The molecule has 0 bridgehead atoms. The fourth-order valence-corrected chi connectivity index (χ4v) is 6.22. The summed E-state index contributed by atoms with van der Waals surface area (Å²) in [4.78, 5) is 39.5. The summed E-state index contributed by atoms with van der Waals surface area (Å²) in [5.41, 5.74) is 11.3. The highest BCUT2D eigenvalue weighted by Crippen LogP contribution is 2.16. The largest absolute Gasteiger partial charge is 0.354 e. The van der Waals surface area contributed by atoms with Crippen molar-refractivity contribution < 1.29 is 14.4 Å². The lowest BCUT2D eigenvalue weighted by Crippen LogP contribution is -2.51. The van der Waals surface area contributed by atoms with Gasteiger partial charge in [-0.15, -0.1) is 0 Å². The molecule has 0 saturated heterocycles. The Balaban J connectivity index is 4.56. The highest BCUT2D eigenvalue weighted by atomic mass is 16.2. The third-order valence-corrected chi connectivity index (χ3v) is 9.33. The molecule has 47 heavy (non-hydrogen) atoms. The molecule has 0 radical (unpaired) electrons. The Labute approximate surface area is 290 Å². The molecular formula is C39H79N5O3. The molecule has 7 N–H and O–H groups in total. The lowest BCUT2D eigenvalue weighted by Gasteiger charge is -2.22. The van der Waals surface area contributed by atoms with E-state index in [1.807, 2.05) is 0 Å². The van der Waals surface area contributed by atoms with Crippen LogP contribution in [0.25, 0.3) is 0 Å². The van der Waals surface area contributed by atoms with Gasteiger partial charge in [-0.05, 0) is 38.6 Å². The number of hydrogen-bond acceptors (Lipinski definition) is 5. The number of nitrogens with one attached hydrogen (secondary N) is 3. The molecule has 0 aliphatic heterocycles. The van der Waals surface area contributed by atoms with Crippen molar-refractivity contribution in [1.82, 2.24) is 16.0 Å². The first-order valence-electron chi connectivity index (χ1n) is 20.3. The molecule has 8 nitrogen and oxygen atoms in total. The highest BCUT2D eigenvalue weighted by molar-refractivity contribution is 6.01. The first-order valence-corrected chi connectivity index (χ1v) is 20.3. The Morgan fingerprint density at radius 2 is 0.830 bits per heavy atom. The highest BCUT2D eigenvalue weighted by Gasteiger charge is 2.29. The quantitative estimate of drug-likeness (QED) is 0.0339. The summed E-state index contributed by atoms with van der Waals surface area (Å²) in [6.07, 6.45) is 32.5. The van der Waals surface area contributed by atoms with Gasteiger partial charge >= 0.3 is 0 Å². The third-order valence-electron chi connectivity index (χ3n) is 9.33. The molecule has 2 atom stereocenters. The van der Waals surface area contributed by atoms with E-state index in [9.17, 15) is 14.4 Å². The molecule has 1 unspecified atom stereocenters. The van der Waals surface area contributed by atoms with Crippen LogP contribution in [-0.2, 0) is 14.4 Å². The number of rotatable bonds is 36. The van der Waals surface area contributed by atoms with Gasteiger partial charge in [-0.3, -0.25) is 14.4 Å². The minimum absolute atomic E-state index is 0.162. The van der Waals surface area contributed by atoms with Crippen LogP contribution in [0.2, 0.25) is 0 Å². The molecule has 0 heterocycles. The van der Waals surface area contributed by atoms with E-state index in [0.717, 1.165) is 44.9 Å². The molecule has 0 spiro atoms. The fourth-order valence-electron chi connectivity index (χ4n) is 6.22. The molecule has 3 amide bonds. The Bertz CT molecular complexity index is 721. The van der Waals surface area contributed by atoms with Gasteiger partial charge in [0.1, 0.15) is 12.0 Å². The number of unbranched alkanes of at least 4 members (excludes halogenated alkanes) is 23. The lowest BCUT2D eigenvalue weighted by molar-refractivity contribution is -0.138. The predicted octanol–water partition coefficient (Wildman–Crippen LogP) is 8.20. The third kappa shape index (κ3) is 29.0. The van der Waals surface area contributed by atoms with Crippen molar-refractivity contribution in [2.24, 2.45) is 17.4 Å². The maximum Gasteiger partial charge on any atom is 0.242 e. The zero-order valence-electron chi connectivity index (χ0n) is 31.2. The maximum atomic E-state index is 13.4. The SMILES string of the molecule is CCCCCCCCCCCCCCNC(=O)[C@H](CCCCN)NC(=O)C(CCCCCCCCCCCCCC)C(=O)NCCN. The van der Waals surface area contributed by atoms with Crippen LogP contribution in [0.4, 0.5) is 0 Å².